The maximum atomic E-state index is 11.9. The second-order valence-electron chi connectivity index (χ2n) is 7.92. The number of carboxylic acids is 1. The van der Waals surface area contributed by atoms with Crippen molar-refractivity contribution in [3.8, 4) is 11.5 Å². The van der Waals surface area contributed by atoms with Crippen molar-refractivity contribution in [1.29, 1.82) is 0 Å². The summed E-state index contributed by atoms with van der Waals surface area (Å²) in [5.41, 5.74) is 0.341. The smallest absolute Gasteiger partial charge is 0.340 e. The predicted octanol–water partition coefficient (Wildman–Crippen LogP) is 4.86. The molecular weight excluding hydrogens is 394 g/mol. The molecule has 1 N–H and O–H groups in total. The molecule has 0 amide bonds. The van der Waals surface area contributed by atoms with Gasteiger partial charge in [-0.1, -0.05) is 50.5 Å². The number of anilines is 1. The fourth-order valence-corrected chi connectivity index (χ4v) is 3.68. The molecule has 1 atom stereocenters. The number of hydrogen-bond donors (Lipinski definition) is 1. The van der Waals surface area contributed by atoms with Crippen molar-refractivity contribution < 1.29 is 24.1 Å². The zero-order valence-corrected chi connectivity index (χ0v) is 18.5. The summed E-state index contributed by atoms with van der Waals surface area (Å²) in [6.07, 6.45) is 4.18. The quantitative estimate of drug-likeness (QED) is 0.488. The van der Waals surface area contributed by atoms with E-state index in [1.165, 1.54) is 0 Å². The summed E-state index contributed by atoms with van der Waals surface area (Å²) < 4.78 is 17.4. The first-order valence-electron chi connectivity index (χ1n) is 11.1. The van der Waals surface area contributed by atoms with E-state index in [-0.39, 0.29) is 0 Å². The van der Waals surface area contributed by atoms with Gasteiger partial charge in [-0.25, -0.2) is 4.79 Å². The van der Waals surface area contributed by atoms with Crippen LogP contribution in [0.5, 0.6) is 11.5 Å². The van der Waals surface area contributed by atoms with Crippen molar-refractivity contribution in [1.82, 2.24) is 0 Å². The third-order valence-electron chi connectivity index (χ3n) is 5.66. The molecule has 168 valence electrons. The van der Waals surface area contributed by atoms with Gasteiger partial charge in [-0.3, -0.25) is 0 Å². The van der Waals surface area contributed by atoms with Crippen molar-refractivity contribution in [2.45, 2.75) is 45.1 Å². The molecule has 0 saturated carbocycles. The number of hydrogen-bond acceptors (Lipinski definition) is 5. The molecule has 0 aromatic heterocycles. The average molecular weight is 428 g/mol. The summed E-state index contributed by atoms with van der Waals surface area (Å²) in [4.78, 5) is 14.2. The van der Waals surface area contributed by atoms with E-state index >= 15 is 0 Å². The van der Waals surface area contributed by atoms with Gasteiger partial charge in [0.15, 0.2) is 5.60 Å². The molecule has 6 heteroatoms. The molecule has 2 aromatic rings. The van der Waals surface area contributed by atoms with E-state index in [2.05, 4.69) is 17.9 Å². The van der Waals surface area contributed by atoms with Crippen LogP contribution in [0.4, 0.5) is 5.69 Å². The number of rotatable bonds is 12. The van der Waals surface area contributed by atoms with Crippen molar-refractivity contribution in [2.75, 3.05) is 37.8 Å². The van der Waals surface area contributed by atoms with Crippen molar-refractivity contribution in [3.63, 3.8) is 0 Å². The molecular formula is C25H33NO5. The number of nitrogens with zero attached hydrogens (tertiary/aromatic N) is 1. The van der Waals surface area contributed by atoms with E-state index < -0.39 is 11.6 Å². The minimum atomic E-state index is -1.36. The van der Waals surface area contributed by atoms with Gasteiger partial charge in [0.1, 0.15) is 24.7 Å². The molecule has 0 spiro atoms. The Morgan fingerprint density at radius 3 is 2.61 bits per heavy atom. The van der Waals surface area contributed by atoms with E-state index in [0.29, 0.717) is 31.1 Å². The maximum absolute atomic E-state index is 11.9. The van der Waals surface area contributed by atoms with Gasteiger partial charge in [0, 0.05) is 6.61 Å². The largest absolute Gasteiger partial charge is 0.492 e. The van der Waals surface area contributed by atoms with E-state index in [1.807, 2.05) is 30.3 Å². The van der Waals surface area contributed by atoms with Gasteiger partial charge in [-0.15, -0.1) is 0 Å². The number of fused-ring (bicyclic) bond motifs is 1. The fourth-order valence-electron chi connectivity index (χ4n) is 3.68. The first kappa shape index (κ1) is 22.9. The molecule has 6 nitrogen and oxygen atoms in total. The Morgan fingerprint density at radius 2 is 1.87 bits per heavy atom. The second kappa shape index (κ2) is 11.0. The number of unbranched alkanes of at least 4 members (excludes halogenated alkanes) is 3. The van der Waals surface area contributed by atoms with Crippen LogP contribution in [0.25, 0.3) is 0 Å². The minimum absolute atomic E-state index is 0.433. The van der Waals surface area contributed by atoms with Gasteiger partial charge in [-0.2, -0.15) is 0 Å². The molecule has 1 heterocycles. The fraction of sp³-hybridized carbons (Fsp3) is 0.480. The molecule has 31 heavy (non-hydrogen) atoms. The van der Waals surface area contributed by atoms with Crippen LogP contribution in [0, 0.1) is 0 Å². The zero-order chi connectivity index (χ0) is 22.1. The van der Waals surface area contributed by atoms with Gasteiger partial charge < -0.3 is 24.2 Å². The highest BCUT2D eigenvalue weighted by molar-refractivity contribution is 5.79. The molecule has 2 aromatic carbocycles. The lowest BCUT2D eigenvalue weighted by molar-refractivity contribution is -0.165. The van der Waals surface area contributed by atoms with Crippen LogP contribution in [0.1, 0.15) is 45.1 Å². The summed E-state index contributed by atoms with van der Waals surface area (Å²) in [6.45, 7) is 6.95. The Kier molecular flexibility index (Phi) is 8.18. The number of aliphatic carboxylic acids is 1. The third-order valence-corrected chi connectivity index (χ3v) is 5.66. The summed E-state index contributed by atoms with van der Waals surface area (Å²) in [6, 6.07) is 15.2. The topological polar surface area (TPSA) is 68.2 Å². The van der Waals surface area contributed by atoms with E-state index in [0.717, 1.165) is 50.2 Å². The first-order valence-corrected chi connectivity index (χ1v) is 11.1. The van der Waals surface area contributed by atoms with Crippen LogP contribution < -0.4 is 14.4 Å². The normalized spacial score (nSPS) is 15.0. The average Bonchev–Trinajstić information content (AvgIpc) is 2.79. The Bertz CT molecular complexity index is 838. The standard InChI is InChI=1S/C25H33NO5/c1-3-4-5-8-17-31-25(2,24(27)28)20-11-13-21(14-12-20)29-18-15-26-16-19-30-23-10-7-6-9-22(23)26/h6-7,9-14H,3-5,8,15-19H2,1-2H3,(H,27,28). The molecule has 1 unspecified atom stereocenters. The van der Waals surface area contributed by atoms with Gasteiger partial charge in [0.05, 0.1) is 18.8 Å². The highest BCUT2D eigenvalue weighted by Crippen LogP contribution is 2.31. The van der Waals surface area contributed by atoms with Crippen molar-refractivity contribution in [2.24, 2.45) is 0 Å². The molecule has 1 aliphatic rings. The van der Waals surface area contributed by atoms with Gasteiger partial charge >= 0.3 is 5.97 Å². The highest BCUT2D eigenvalue weighted by Gasteiger charge is 2.36. The molecule has 0 bridgehead atoms. The number of benzene rings is 2. The molecule has 0 aliphatic carbocycles. The monoisotopic (exact) mass is 427 g/mol. The Morgan fingerprint density at radius 1 is 1.10 bits per heavy atom. The van der Waals surface area contributed by atoms with Crippen molar-refractivity contribution >= 4 is 11.7 Å². The summed E-state index contributed by atoms with van der Waals surface area (Å²) in [5, 5.41) is 9.75. The highest BCUT2D eigenvalue weighted by atomic mass is 16.5. The molecule has 3 rings (SSSR count). The Balaban J connectivity index is 1.54. The first-order chi connectivity index (χ1) is 15.0. The lowest BCUT2D eigenvalue weighted by Gasteiger charge is -2.31. The zero-order valence-electron chi connectivity index (χ0n) is 18.5. The Hall–Kier alpha value is -2.73. The molecule has 1 aliphatic heterocycles. The van der Waals surface area contributed by atoms with Crippen LogP contribution in [0.2, 0.25) is 0 Å². The van der Waals surface area contributed by atoms with Crippen LogP contribution in [-0.4, -0.2) is 44.0 Å². The number of para-hydroxylation sites is 2. The van der Waals surface area contributed by atoms with Gasteiger partial charge in [-0.05, 0) is 43.2 Å². The number of carbonyl (C=O) groups is 1. The van der Waals surface area contributed by atoms with Crippen molar-refractivity contribution in [3.05, 3.63) is 54.1 Å². The molecule has 0 radical (unpaired) electrons. The third kappa shape index (κ3) is 5.91. The second-order valence-corrected chi connectivity index (χ2v) is 7.92. The Labute approximate surface area is 184 Å². The van der Waals surface area contributed by atoms with Crippen LogP contribution in [-0.2, 0) is 15.1 Å². The minimum Gasteiger partial charge on any atom is -0.492 e. The summed E-state index contributed by atoms with van der Waals surface area (Å²) in [5.74, 6) is 0.629. The van der Waals surface area contributed by atoms with Gasteiger partial charge in [0.2, 0.25) is 0 Å². The lowest BCUT2D eigenvalue weighted by atomic mass is 9.95. The number of ether oxygens (including phenoxy) is 3. The molecule has 0 fully saturated rings. The van der Waals surface area contributed by atoms with Crippen LogP contribution in [0.15, 0.2) is 48.5 Å². The predicted molar refractivity (Wildman–Crippen MR) is 121 cm³/mol. The van der Waals surface area contributed by atoms with E-state index in [9.17, 15) is 9.90 Å². The van der Waals surface area contributed by atoms with Crippen LogP contribution >= 0.6 is 0 Å². The number of carboxylic acid groups (broad SMARTS) is 1. The van der Waals surface area contributed by atoms with E-state index in [4.69, 9.17) is 14.2 Å². The van der Waals surface area contributed by atoms with Gasteiger partial charge in [0.25, 0.3) is 0 Å². The van der Waals surface area contributed by atoms with E-state index in [1.54, 1.807) is 19.1 Å². The SMILES string of the molecule is CCCCCCOC(C)(C(=O)O)c1ccc(OCCN2CCOc3ccccc32)cc1. The maximum Gasteiger partial charge on any atom is 0.340 e. The lowest BCUT2D eigenvalue weighted by Crippen LogP contribution is -2.36. The summed E-state index contributed by atoms with van der Waals surface area (Å²) >= 11 is 0. The molecule has 0 saturated heterocycles. The van der Waals surface area contributed by atoms with Crippen LogP contribution in [0.3, 0.4) is 0 Å². The summed E-state index contributed by atoms with van der Waals surface area (Å²) in [7, 11) is 0.